The lowest BCUT2D eigenvalue weighted by atomic mass is 9.76. The number of alkyl halides is 3. The van der Waals surface area contributed by atoms with Crippen LogP contribution < -0.4 is 0 Å². The summed E-state index contributed by atoms with van der Waals surface area (Å²) in [5.41, 5.74) is -1.49. The number of hydrogen-bond acceptors (Lipinski definition) is 0. The van der Waals surface area contributed by atoms with Crippen molar-refractivity contribution in [2.24, 2.45) is 11.8 Å². The van der Waals surface area contributed by atoms with E-state index in [0.717, 1.165) is 31.2 Å². The fraction of sp³-hybridized carbons (Fsp3) is 0.520. The van der Waals surface area contributed by atoms with Gasteiger partial charge in [-0.2, -0.15) is 13.2 Å². The molecule has 0 atom stereocenters. The summed E-state index contributed by atoms with van der Waals surface area (Å²) in [6, 6.07) is 5.54. The van der Waals surface area contributed by atoms with Gasteiger partial charge in [0.05, 0.1) is 0 Å². The van der Waals surface area contributed by atoms with Crippen LogP contribution >= 0.6 is 0 Å². The van der Waals surface area contributed by atoms with Crippen LogP contribution in [0.5, 0.6) is 0 Å². The van der Waals surface area contributed by atoms with E-state index < -0.39 is 29.2 Å². The molecule has 170 valence electrons. The molecule has 0 amide bonds. The van der Waals surface area contributed by atoms with Gasteiger partial charge in [-0.3, -0.25) is 0 Å². The first-order chi connectivity index (χ1) is 14.6. The van der Waals surface area contributed by atoms with Crippen molar-refractivity contribution in [2.45, 2.75) is 70.9 Å². The summed E-state index contributed by atoms with van der Waals surface area (Å²) in [6.07, 6.45) is 2.67. The Morgan fingerprint density at radius 3 is 2.00 bits per heavy atom. The van der Waals surface area contributed by atoms with Gasteiger partial charge in [-0.25, -0.2) is 13.2 Å². The van der Waals surface area contributed by atoms with Gasteiger partial charge in [0.1, 0.15) is 23.0 Å². The third kappa shape index (κ3) is 5.83. The number of halogens is 6. The van der Waals surface area contributed by atoms with Gasteiger partial charge >= 0.3 is 6.18 Å². The van der Waals surface area contributed by atoms with Crippen LogP contribution in [-0.4, -0.2) is 0 Å². The molecule has 0 radical (unpaired) electrons. The molecule has 1 aliphatic rings. The van der Waals surface area contributed by atoms with Gasteiger partial charge in [0.2, 0.25) is 0 Å². The third-order valence-corrected chi connectivity index (χ3v) is 6.34. The molecule has 6 heteroatoms. The van der Waals surface area contributed by atoms with Crippen molar-refractivity contribution >= 4 is 0 Å². The molecule has 0 aromatic heterocycles. The van der Waals surface area contributed by atoms with E-state index in [1.807, 2.05) is 0 Å². The molecular formula is C25H28F6. The summed E-state index contributed by atoms with van der Waals surface area (Å²) < 4.78 is 80.8. The molecule has 0 aliphatic heterocycles. The monoisotopic (exact) mass is 442 g/mol. The predicted molar refractivity (Wildman–Crippen MR) is 110 cm³/mol. The average molecular weight is 442 g/mol. The zero-order valence-electron chi connectivity index (χ0n) is 17.8. The van der Waals surface area contributed by atoms with Crippen LogP contribution in [0.4, 0.5) is 26.3 Å². The van der Waals surface area contributed by atoms with Crippen LogP contribution in [0, 0.1) is 29.3 Å². The highest BCUT2D eigenvalue weighted by molar-refractivity contribution is 5.65. The SMILES string of the molecule is CC(C)CCCC1CCC(c2ccc(-c3cc(F)c(C(F)(F)F)c(F)c3)c(F)c2)CC1. The van der Waals surface area contributed by atoms with Crippen LogP contribution in [0.15, 0.2) is 30.3 Å². The molecular weight excluding hydrogens is 414 g/mol. The molecule has 0 heterocycles. The lowest BCUT2D eigenvalue weighted by Gasteiger charge is -2.29. The molecule has 1 aliphatic carbocycles. The smallest absolute Gasteiger partial charge is 0.206 e. The molecule has 0 unspecified atom stereocenters. The van der Waals surface area contributed by atoms with Crippen molar-refractivity contribution in [3.8, 4) is 11.1 Å². The molecule has 0 bridgehead atoms. The van der Waals surface area contributed by atoms with E-state index in [1.165, 1.54) is 31.4 Å². The van der Waals surface area contributed by atoms with E-state index in [0.29, 0.717) is 24.0 Å². The first kappa shape index (κ1) is 23.7. The molecule has 0 spiro atoms. The molecule has 0 nitrogen and oxygen atoms in total. The normalized spacial score (nSPS) is 19.8. The Balaban J connectivity index is 1.70. The van der Waals surface area contributed by atoms with E-state index in [2.05, 4.69) is 13.8 Å². The van der Waals surface area contributed by atoms with Crippen molar-refractivity contribution in [3.05, 3.63) is 58.9 Å². The topological polar surface area (TPSA) is 0 Å². The van der Waals surface area contributed by atoms with E-state index in [4.69, 9.17) is 0 Å². The first-order valence-corrected chi connectivity index (χ1v) is 10.9. The second-order valence-electron chi connectivity index (χ2n) is 9.09. The Morgan fingerprint density at radius 1 is 0.871 bits per heavy atom. The molecule has 0 saturated heterocycles. The molecule has 2 aromatic carbocycles. The fourth-order valence-electron chi connectivity index (χ4n) is 4.62. The van der Waals surface area contributed by atoms with E-state index in [1.54, 1.807) is 6.07 Å². The van der Waals surface area contributed by atoms with Crippen molar-refractivity contribution in [2.75, 3.05) is 0 Å². The maximum atomic E-state index is 14.7. The van der Waals surface area contributed by atoms with Gasteiger partial charge in [-0.05, 0) is 72.8 Å². The van der Waals surface area contributed by atoms with Gasteiger partial charge in [-0.15, -0.1) is 0 Å². The van der Waals surface area contributed by atoms with Gasteiger partial charge in [-0.1, -0.05) is 45.2 Å². The minimum absolute atomic E-state index is 0.113. The van der Waals surface area contributed by atoms with Gasteiger partial charge in [0, 0.05) is 5.56 Å². The lowest BCUT2D eigenvalue weighted by molar-refractivity contribution is -0.142. The molecule has 31 heavy (non-hydrogen) atoms. The van der Waals surface area contributed by atoms with Gasteiger partial charge < -0.3 is 0 Å². The van der Waals surface area contributed by atoms with Crippen LogP contribution in [0.2, 0.25) is 0 Å². The Kier molecular flexibility index (Phi) is 7.38. The van der Waals surface area contributed by atoms with Crippen molar-refractivity contribution < 1.29 is 26.3 Å². The summed E-state index contributed by atoms with van der Waals surface area (Å²) in [7, 11) is 0. The highest BCUT2D eigenvalue weighted by Gasteiger charge is 2.38. The van der Waals surface area contributed by atoms with Gasteiger partial charge in [0.25, 0.3) is 0 Å². The zero-order chi connectivity index (χ0) is 22.8. The molecule has 0 N–H and O–H groups in total. The summed E-state index contributed by atoms with van der Waals surface area (Å²) in [5.74, 6) is -2.54. The third-order valence-electron chi connectivity index (χ3n) is 6.34. The number of hydrogen-bond donors (Lipinski definition) is 0. The molecule has 2 aromatic rings. The summed E-state index contributed by atoms with van der Waals surface area (Å²) in [4.78, 5) is 0. The van der Waals surface area contributed by atoms with Crippen molar-refractivity contribution in [1.82, 2.24) is 0 Å². The minimum atomic E-state index is -5.15. The average Bonchev–Trinajstić information content (AvgIpc) is 2.66. The predicted octanol–water partition coefficient (Wildman–Crippen LogP) is 8.89. The standard InChI is InChI=1S/C25H28F6/c1-15(2)4-3-5-16-6-8-17(9-7-16)18-10-11-20(21(26)12-18)19-13-22(27)24(23(28)14-19)25(29,30)31/h10-17H,3-9H2,1-2H3. The summed E-state index contributed by atoms with van der Waals surface area (Å²) >= 11 is 0. The highest BCUT2D eigenvalue weighted by atomic mass is 19.4. The number of rotatable bonds is 6. The largest absolute Gasteiger partial charge is 0.422 e. The fourth-order valence-corrected chi connectivity index (χ4v) is 4.62. The van der Waals surface area contributed by atoms with Crippen molar-refractivity contribution in [3.63, 3.8) is 0 Å². The maximum absolute atomic E-state index is 14.7. The van der Waals surface area contributed by atoms with Crippen LogP contribution in [0.1, 0.15) is 75.8 Å². The quantitative estimate of drug-likeness (QED) is 0.392. The van der Waals surface area contributed by atoms with Crippen LogP contribution in [0.25, 0.3) is 11.1 Å². The van der Waals surface area contributed by atoms with E-state index in [-0.39, 0.29) is 17.0 Å². The summed E-state index contributed by atoms with van der Waals surface area (Å²) in [6.45, 7) is 4.45. The second kappa shape index (κ2) is 9.66. The Morgan fingerprint density at radius 2 is 1.48 bits per heavy atom. The Hall–Kier alpha value is -1.98. The van der Waals surface area contributed by atoms with Crippen molar-refractivity contribution in [1.29, 1.82) is 0 Å². The van der Waals surface area contributed by atoms with Crippen LogP contribution in [-0.2, 0) is 6.18 Å². The minimum Gasteiger partial charge on any atom is -0.206 e. The van der Waals surface area contributed by atoms with E-state index in [9.17, 15) is 26.3 Å². The first-order valence-electron chi connectivity index (χ1n) is 10.9. The molecule has 1 saturated carbocycles. The van der Waals surface area contributed by atoms with E-state index >= 15 is 0 Å². The Bertz CT molecular complexity index is 868. The highest BCUT2D eigenvalue weighted by Crippen LogP contribution is 2.40. The van der Waals surface area contributed by atoms with Crippen LogP contribution in [0.3, 0.4) is 0 Å². The molecule has 1 fully saturated rings. The zero-order valence-corrected chi connectivity index (χ0v) is 17.8. The number of benzene rings is 2. The molecule has 3 rings (SSSR count). The lowest BCUT2D eigenvalue weighted by Crippen LogP contribution is -2.14. The second-order valence-corrected chi connectivity index (χ2v) is 9.09. The Labute approximate surface area is 179 Å². The summed E-state index contributed by atoms with van der Waals surface area (Å²) in [5, 5.41) is 0. The van der Waals surface area contributed by atoms with Gasteiger partial charge in [0.15, 0.2) is 0 Å². The maximum Gasteiger partial charge on any atom is 0.422 e.